The van der Waals surface area contributed by atoms with E-state index in [1.165, 1.54) is 18.4 Å². The first kappa shape index (κ1) is 9.78. The van der Waals surface area contributed by atoms with Gasteiger partial charge in [-0.1, -0.05) is 20.8 Å². The quantitative estimate of drug-likeness (QED) is 0.784. The van der Waals surface area contributed by atoms with Gasteiger partial charge in [-0.05, 0) is 18.9 Å². The first-order chi connectivity index (χ1) is 6.52. The molecule has 1 aliphatic rings. The summed E-state index contributed by atoms with van der Waals surface area (Å²) < 4.78 is 5.91. The molecule has 0 amide bonds. The molecule has 14 heavy (non-hydrogen) atoms. The first-order valence-electron chi connectivity index (χ1n) is 5.35. The van der Waals surface area contributed by atoms with Crippen LogP contribution in [0.3, 0.4) is 0 Å². The summed E-state index contributed by atoms with van der Waals surface area (Å²) in [5.74, 6) is 2.88. The van der Waals surface area contributed by atoms with E-state index in [-0.39, 0.29) is 5.41 Å². The Morgan fingerprint density at radius 3 is 2.50 bits per heavy atom. The molecule has 2 rings (SSSR count). The summed E-state index contributed by atoms with van der Waals surface area (Å²) in [5.41, 5.74) is 7.01. The van der Waals surface area contributed by atoms with Gasteiger partial charge in [-0.2, -0.15) is 0 Å². The third-order valence-corrected chi connectivity index (χ3v) is 2.75. The Labute approximate surface area is 85.5 Å². The van der Waals surface area contributed by atoms with Gasteiger partial charge in [-0.15, -0.1) is 0 Å². The summed E-state index contributed by atoms with van der Waals surface area (Å²) in [4.78, 5) is 0. The normalized spacial score (nSPS) is 17.4. The molecule has 1 aliphatic carbocycles. The second kappa shape index (κ2) is 3.13. The third-order valence-electron chi connectivity index (χ3n) is 2.75. The summed E-state index contributed by atoms with van der Waals surface area (Å²) in [7, 11) is 0. The maximum atomic E-state index is 5.91. The molecule has 0 saturated heterocycles. The van der Waals surface area contributed by atoms with Crippen LogP contribution in [0.4, 0.5) is 0 Å². The lowest BCUT2D eigenvalue weighted by atomic mass is 9.93. The van der Waals surface area contributed by atoms with Crippen molar-refractivity contribution in [1.82, 2.24) is 0 Å². The van der Waals surface area contributed by atoms with Crippen LogP contribution in [-0.2, 0) is 12.0 Å². The largest absolute Gasteiger partial charge is 0.465 e. The molecule has 1 saturated carbocycles. The van der Waals surface area contributed by atoms with Crippen LogP contribution in [0.2, 0.25) is 0 Å². The van der Waals surface area contributed by atoms with Gasteiger partial charge in [0.1, 0.15) is 11.5 Å². The van der Waals surface area contributed by atoms with Crippen molar-refractivity contribution in [2.75, 3.05) is 0 Å². The maximum absolute atomic E-state index is 5.91. The van der Waals surface area contributed by atoms with Crippen molar-refractivity contribution in [2.24, 2.45) is 5.73 Å². The molecule has 78 valence electrons. The van der Waals surface area contributed by atoms with Crippen LogP contribution >= 0.6 is 0 Å². The van der Waals surface area contributed by atoms with Crippen LogP contribution in [0.5, 0.6) is 0 Å². The van der Waals surface area contributed by atoms with Gasteiger partial charge in [0.15, 0.2) is 0 Å². The van der Waals surface area contributed by atoms with Gasteiger partial charge >= 0.3 is 0 Å². The van der Waals surface area contributed by atoms with Gasteiger partial charge in [0.25, 0.3) is 0 Å². The molecule has 0 spiro atoms. The third kappa shape index (κ3) is 1.71. The van der Waals surface area contributed by atoms with Gasteiger partial charge in [0.2, 0.25) is 0 Å². The number of hydrogen-bond acceptors (Lipinski definition) is 2. The highest BCUT2D eigenvalue weighted by molar-refractivity contribution is 5.29. The fourth-order valence-electron chi connectivity index (χ4n) is 1.66. The number of rotatable bonds is 2. The van der Waals surface area contributed by atoms with Crippen molar-refractivity contribution >= 4 is 0 Å². The summed E-state index contributed by atoms with van der Waals surface area (Å²) in [6.07, 6.45) is 2.54. The van der Waals surface area contributed by atoms with Crippen LogP contribution in [0.15, 0.2) is 10.5 Å². The smallest absolute Gasteiger partial charge is 0.111 e. The standard InChI is InChI=1S/C12H19NO/c1-12(2,3)10-6-9(7-13)11(14-10)8-4-5-8/h6,8H,4-5,7,13H2,1-3H3. The van der Waals surface area contributed by atoms with Crippen molar-refractivity contribution in [3.63, 3.8) is 0 Å². The zero-order valence-electron chi connectivity index (χ0n) is 9.26. The minimum atomic E-state index is 0.0943. The average molecular weight is 193 g/mol. The van der Waals surface area contributed by atoms with Crippen LogP contribution in [0.1, 0.15) is 56.6 Å². The molecular formula is C12H19NO. The topological polar surface area (TPSA) is 39.2 Å². The lowest BCUT2D eigenvalue weighted by Crippen LogP contribution is -2.09. The van der Waals surface area contributed by atoms with Gasteiger partial charge in [-0.25, -0.2) is 0 Å². The Balaban J connectivity index is 2.35. The van der Waals surface area contributed by atoms with Crippen molar-refractivity contribution in [3.05, 3.63) is 23.2 Å². The maximum Gasteiger partial charge on any atom is 0.111 e. The van der Waals surface area contributed by atoms with Gasteiger partial charge in [0.05, 0.1) is 0 Å². The fourth-order valence-corrected chi connectivity index (χ4v) is 1.66. The van der Waals surface area contributed by atoms with E-state index in [0.29, 0.717) is 12.5 Å². The second-order valence-corrected chi connectivity index (χ2v) is 5.23. The van der Waals surface area contributed by atoms with Crippen molar-refractivity contribution in [1.29, 1.82) is 0 Å². The van der Waals surface area contributed by atoms with Crippen LogP contribution in [0.25, 0.3) is 0 Å². The summed E-state index contributed by atoms with van der Waals surface area (Å²) in [6.45, 7) is 7.11. The minimum Gasteiger partial charge on any atom is -0.465 e. The number of furan rings is 1. The Hall–Kier alpha value is -0.760. The number of nitrogens with two attached hydrogens (primary N) is 1. The van der Waals surface area contributed by atoms with Crippen LogP contribution in [0, 0.1) is 0 Å². The SMILES string of the molecule is CC(C)(C)c1cc(CN)c(C2CC2)o1. The van der Waals surface area contributed by atoms with E-state index in [1.807, 2.05) is 0 Å². The molecule has 1 heterocycles. The first-order valence-corrected chi connectivity index (χ1v) is 5.35. The van der Waals surface area contributed by atoms with E-state index < -0.39 is 0 Å². The van der Waals surface area contributed by atoms with Crippen LogP contribution < -0.4 is 5.73 Å². The van der Waals surface area contributed by atoms with E-state index in [1.54, 1.807) is 0 Å². The molecule has 0 bridgehead atoms. The molecule has 2 heteroatoms. The summed E-state index contributed by atoms with van der Waals surface area (Å²) >= 11 is 0. The Morgan fingerprint density at radius 2 is 2.07 bits per heavy atom. The predicted octanol–water partition coefficient (Wildman–Crippen LogP) is 2.91. The molecule has 2 N–H and O–H groups in total. The summed E-state index contributed by atoms with van der Waals surface area (Å²) in [6, 6.07) is 2.13. The second-order valence-electron chi connectivity index (χ2n) is 5.23. The molecule has 0 atom stereocenters. The van der Waals surface area contributed by atoms with Crippen molar-refractivity contribution in [2.45, 2.75) is 51.5 Å². The molecule has 1 aromatic heterocycles. The number of hydrogen-bond donors (Lipinski definition) is 1. The predicted molar refractivity (Wildman–Crippen MR) is 57.3 cm³/mol. The van der Waals surface area contributed by atoms with Gasteiger partial charge < -0.3 is 10.2 Å². The van der Waals surface area contributed by atoms with Gasteiger partial charge in [-0.3, -0.25) is 0 Å². The molecule has 1 fully saturated rings. The Morgan fingerprint density at radius 1 is 1.43 bits per heavy atom. The Kier molecular flexibility index (Phi) is 2.18. The minimum absolute atomic E-state index is 0.0943. The lowest BCUT2D eigenvalue weighted by molar-refractivity contribution is 0.386. The molecule has 0 unspecified atom stereocenters. The monoisotopic (exact) mass is 193 g/mol. The van der Waals surface area contributed by atoms with E-state index in [0.717, 1.165) is 11.5 Å². The molecule has 1 aromatic rings. The van der Waals surface area contributed by atoms with E-state index in [9.17, 15) is 0 Å². The van der Waals surface area contributed by atoms with E-state index in [4.69, 9.17) is 10.2 Å². The molecule has 0 radical (unpaired) electrons. The highest BCUT2D eigenvalue weighted by atomic mass is 16.3. The fraction of sp³-hybridized carbons (Fsp3) is 0.667. The zero-order chi connectivity index (χ0) is 10.3. The van der Waals surface area contributed by atoms with E-state index in [2.05, 4.69) is 26.8 Å². The molecule has 0 aromatic carbocycles. The zero-order valence-corrected chi connectivity index (χ0v) is 9.26. The van der Waals surface area contributed by atoms with E-state index >= 15 is 0 Å². The summed E-state index contributed by atoms with van der Waals surface area (Å²) in [5, 5.41) is 0. The lowest BCUT2D eigenvalue weighted by Gasteiger charge is -2.14. The Bertz CT molecular complexity index is 329. The highest BCUT2D eigenvalue weighted by Gasteiger charge is 2.31. The molecular weight excluding hydrogens is 174 g/mol. The molecule has 0 aliphatic heterocycles. The highest BCUT2D eigenvalue weighted by Crippen LogP contribution is 2.44. The van der Waals surface area contributed by atoms with Gasteiger partial charge in [0, 0.05) is 23.4 Å². The van der Waals surface area contributed by atoms with Crippen molar-refractivity contribution < 1.29 is 4.42 Å². The van der Waals surface area contributed by atoms with Crippen molar-refractivity contribution in [3.8, 4) is 0 Å². The molecule has 2 nitrogen and oxygen atoms in total. The average Bonchev–Trinajstić information content (AvgIpc) is 2.82. The van der Waals surface area contributed by atoms with Crippen LogP contribution in [-0.4, -0.2) is 0 Å².